The van der Waals surface area contributed by atoms with E-state index in [1.54, 1.807) is 36.4 Å². The van der Waals surface area contributed by atoms with E-state index in [-0.39, 0.29) is 0 Å². The number of Topliss-reactive ketones (excluding diaryl/α,β-unsaturated/α-hetero) is 1. The lowest BCUT2D eigenvalue weighted by atomic mass is 9.93. The summed E-state index contributed by atoms with van der Waals surface area (Å²) in [5.41, 5.74) is 0.946. The van der Waals surface area contributed by atoms with Gasteiger partial charge in [0.25, 0.3) is 0 Å². The third kappa shape index (κ3) is 2.65. The van der Waals surface area contributed by atoms with Gasteiger partial charge >= 0.3 is 0 Å². The number of carbonyl (C=O) groups is 1. The number of benzene rings is 2. The van der Waals surface area contributed by atoms with E-state index in [0.29, 0.717) is 34.1 Å². The van der Waals surface area contributed by atoms with E-state index in [1.165, 1.54) is 21.3 Å². The van der Waals surface area contributed by atoms with Crippen LogP contribution in [0.4, 0.5) is 0 Å². The van der Waals surface area contributed by atoms with E-state index in [0.717, 1.165) is 0 Å². The van der Waals surface area contributed by atoms with E-state index >= 15 is 0 Å². The predicted octanol–water partition coefficient (Wildman–Crippen LogP) is 2.39. The monoisotopic (exact) mass is 330 g/mol. The number of aliphatic hydroxyl groups excluding tert-OH is 1. The average Bonchev–Trinajstić information content (AvgIpc) is 2.63. The lowest BCUT2D eigenvalue weighted by Gasteiger charge is -2.30. The number of methoxy groups -OCH3 is 3. The van der Waals surface area contributed by atoms with Crippen LogP contribution in [-0.2, 0) is 0 Å². The number of aliphatic hydroxyl groups is 1. The van der Waals surface area contributed by atoms with E-state index in [1.807, 2.05) is 0 Å². The van der Waals surface area contributed by atoms with Gasteiger partial charge in [-0.1, -0.05) is 6.07 Å². The summed E-state index contributed by atoms with van der Waals surface area (Å²) in [7, 11) is 4.59. The molecule has 0 amide bonds. The van der Waals surface area contributed by atoms with Crippen LogP contribution < -0.4 is 18.9 Å². The first-order chi connectivity index (χ1) is 11.6. The molecule has 0 aliphatic carbocycles. The van der Waals surface area contributed by atoms with Gasteiger partial charge in [-0.25, -0.2) is 0 Å². The number of carbonyl (C=O) groups excluding carboxylic acids is 1. The molecule has 0 saturated carbocycles. The molecule has 0 saturated heterocycles. The molecule has 1 heterocycles. The molecule has 6 heteroatoms. The van der Waals surface area contributed by atoms with Crippen molar-refractivity contribution in [2.24, 2.45) is 0 Å². The normalized spacial score (nSPS) is 19.2. The van der Waals surface area contributed by atoms with Crippen LogP contribution in [0.3, 0.4) is 0 Å². The third-order valence-corrected chi connectivity index (χ3v) is 4.00. The maximum Gasteiger partial charge on any atom is 0.199 e. The SMILES string of the molecule is COc1ccc2c(c1)O[C@H](c1ccc(OC)c(OC)c1)[C@@H](O)C2=O. The molecule has 24 heavy (non-hydrogen) atoms. The molecular weight excluding hydrogens is 312 g/mol. The molecule has 1 aliphatic rings. The molecule has 126 valence electrons. The standard InChI is InChI=1S/C18H18O6/c1-21-11-5-6-12-14(9-11)24-18(17(20)16(12)19)10-4-7-13(22-2)15(8-10)23-3/h4-9,17-18,20H,1-3H3/t17-,18+/m0/s1. The van der Waals surface area contributed by atoms with Gasteiger partial charge in [0.1, 0.15) is 11.5 Å². The molecule has 1 N–H and O–H groups in total. The van der Waals surface area contributed by atoms with Crippen molar-refractivity contribution < 1.29 is 28.8 Å². The number of ketones is 1. The molecule has 2 aromatic carbocycles. The first-order valence-corrected chi connectivity index (χ1v) is 7.38. The van der Waals surface area contributed by atoms with Crippen molar-refractivity contribution >= 4 is 5.78 Å². The molecule has 0 aromatic heterocycles. The summed E-state index contributed by atoms with van der Waals surface area (Å²) >= 11 is 0. The maximum absolute atomic E-state index is 12.5. The second-order valence-electron chi connectivity index (χ2n) is 5.32. The summed E-state index contributed by atoms with van der Waals surface area (Å²) in [6.07, 6.45) is -2.14. The van der Waals surface area contributed by atoms with Gasteiger partial charge in [0, 0.05) is 6.07 Å². The molecule has 0 unspecified atom stereocenters. The Morgan fingerprint density at radius 1 is 0.958 bits per heavy atom. The van der Waals surface area contributed by atoms with E-state index in [4.69, 9.17) is 18.9 Å². The summed E-state index contributed by atoms with van der Waals surface area (Å²) in [6.45, 7) is 0. The van der Waals surface area contributed by atoms with Gasteiger partial charge in [-0.2, -0.15) is 0 Å². The average molecular weight is 330 g/mol. The zero-order valence-electron chi connectivity index (χ0n) is 13.6. The Hall–Kier alpha value is -2.73. The predicted molar refractivity (Wildman–Crippen MR) is 86.2 cm³/mol. The molecule has 1 aliphatic heterocycles. The van der Waals surface area contributed by atoms with Gasteiger partial charge in [0.2, 0.25) is 0 Å². The first-order valence-electron chi connectivity index (χ1n) is 7.38. The summed E-state index contributed by atoms with van der Waals surface area (Å²) in [5.74, 6) is 1.61. The van der Waals surface area contributed by atoms with Crippen molar-refractivity contribution in [1.29, 1.82) is 0 Å². The zero-order chi connectivity index (χ0) is 17.3. The highest BCUT2D eigenvalue weighted by Gasteiger charge is 2.37. The van der Waals surface area contributed by atoms with E-state index in [9.17, 15) is 9.90 Å². The van der Waals surface area contributed by atoms with Gasteiger partial charge in [-0.3, -0.25) is 4.79 Å². The molecule has 0 spiro atoms. The second kappa shape index (κ2) is 6.41. The van der Waals surface area contributed by atoms with Gasteiger partial charge in [0.15, 0.2) is 29.5 Å². The zero-order valence-corrected chi connectivity index (χ0v) is 13.6. The van der Waals surface area contributed by atoms with Crippen molar-refractivity contribution in [3.05, 3.63) is 47.5 Å². The van der Waals surface area contributed by atoms with Crippen LogP contribution in [0.2, 0.25) is 0 Å². The fourth-order valence-electron chi connectivity index (χ4n) is 2.71. The Morgan fingerprint density at radius 3 is 2.38 bits per heavy atom. The second-order valence-corrected chi connectivity index (χ2v) is 5.32. The van der Waals surface area contributed by atoms with Crippen molar-refractivity contribution in [2.45, 2.75) is 12.2 Å². The summed E-state index contributed by atoms with van der Waals surface area (Å²) in [4.78, 5) is 12.5. The molecule has 0 radical (unpaired) electrons. The van der Waals surface area contributed by atoms with Crippen LogP contribution in [0, 0.1) is 0 Å². The Kier molecular flexibility index (Phi) is 4.31. The lowest BCUT2D eigenvalue weighted by Crippen LogP contribution is -2.36. The van der Waals surface area contributed by atoms with Crippen molar-refractivity contribution in [3.8, 4) is 23.0 Å². The van der Waals surface area contributed by atoms with Crippen LogP contribution in [0.15, 0.2) is 36.4 Å². The van der Waals surface area contributed by atoms with Gasteiger partial charge < -0.3 is 24.1 Å². The van der Waals surface area contributed by atoms with Gasteiger partial charge in [0.05, 0.1) is 26.9 Å². The van der Waals surface area contributed by atoms with Crippen molar-refractivity contribution in [1.82, 2.24) is 0 Å². The molecule has 6 nitrogen and oxygen atoms in total. The van der Waals surface area contributed by atoms with Crippen LogP contribution >= 0.6 is 0 Å². The Balaban J connectivity index is 2.01. The van der Waals surface area contributed by atoms with E-state index in [2.05, 4.69) is 0 Å². The smallest absolute Gasteiger partial charge is 0.199 e. The van der Waals surface area contributed by atoms with Gasteiger partial charge in [-0.05, 0) is 29.8 Å². The topological polar surface area (TPSA) is 74.2 Å². The molecule has 2 aromatic rings. The minimum absolute atomic E-state index is 0.333. The Morgan fingerprint density at radius 2 is 1.71 bits per heavy atom. The maximum atomic E-state index is 12.5. The Labute approximate surface area is 139 Å². The number of hydrogen-bond acceptors (Lipinski definition) is 6. The number of fused-ring (bicyclic) bond motifs is 1. The molecular formula is C18H18O6. The fraction of sp³-hybridized carbons (Fsp3) is 0.278. The minimum Gasteiger partial charge on any atom is -0.497 e. The highest BCUT2D eigenvalue weighted by atomic mass is 16.5. The third-order valence-electron chi connectivity index (χ3n) is 4.00. The molecule has 0 bridgehead atoms. The summed E-state index contributed by atoms with van der Waals surface area (Å²) < 4.78 is 21.5. The quantitative estimate of drug-likeness (QED) is 0.928. The minimum atomic E-state index is -1.30. The summed E-state index contributed by atoms with van der Waals surface area (Å²) in [6, 6.07) is 10.00. The number of hydrogen-bond donors (Lipinski definition) is 1. The highest BCUT2D eigenvalue weighted by molar-refractivity contribution is 6.03. The lowest BCUT2D eigenvalue weighted by molar-refractivity contribution is 0.0215. The van der Waals surface area contributed by atoms with Crippen LogP contribution in [-0.4, -0.2) is 38.3 Å². The van der Waals surface area contributed by atoms with Gasteiger partial charge in [-0.15, -0.1) is 0 Å². The highest BCUT2D eigenvalue weighted by Crippen LogP contribution is 2.39. The molecule has 0 fully saturated rings. The summed E-state index contributed by atoms with van der Waals surface area (Å²) in [5, 5.41) is 10.4. The first kappa shape index (κ1) is 16.1. The van der Waals surface area contributed by atoms with Crippen LogP contribution in [0.5, 0.6) is 23.0 Å². The number of rotatable bonds is 4. The van der Waals surface area contributed by atoms with E-state index < -0.39 is 18.0 Å². The largest absolute Gasteiger partial charge is 0.497 e. The van der Waals surface area contributed by atoms with Crippen LogP contribution in [0.25, 0.3) is 0 Å². The van der Waals surface area contributed by atoms with Crippen molar-refractivity contribution in [3.63, 3.8) is 0 Å². The molecule has 2 atom stereocenters. The fourth-order valence-corrected chi connectivity index (χ4v) is 2.71. The Bertz CT molecular complexity index is 770. The number of ether oxygens (including phenoxy) is 4. The van der Waals surface area contributed by atoms with Crippen molar-refractivity contribution in [2.75, 3.05) is 21.3 Å². The van der Waals surface area contributed by atoms with Crippen LogP contribution in [0.1, 0.15) is 22.0 Å². The molecule has 3 rings (SSSR count).